The summed E-state index contributed by atoms with van der Waals surface area (Å²) in [5, 5.41) is 0. The van der Waals surface area contributed by atoms with E-state index in [0.29, 0.717) is 11.3 Å². The maximum atomic E-state index is 11.6. The molecule has 5 nitrogen and oxygen atoms in total. The van der Waals surface area contributed by atoms with Crippen LogP contribution in [-0.2, 0) is 9.84 Å². The van der Waals surface area contributed by atoms with Crippen molar-refractivity contribution in [1.29, 1.82) is 0 Å². The van der Waals surface area contributed by atoms with Gasteiger partial charge in [0.2, 0.25) is 0 Å². The van der Waals surface area contributed by atoms with Crippen molar-refractivity contribution in [2.75, 3.05) is 12.0 Å². The molecule has 2 N–H and O–H groups in total. The van der Waals surface area contributed by atoms with Crippen LogP contribution >= 0.6 is 0 Å². The molecule has 3 rings (SSSR count). The lowest BCUT2D eigenvalue weighted by Gasteiger charge is -2.09. The van der Waals surface area contributed by atoms with Gasteiger partial charge in [-0.2, -0.15) is 0 Å². The number of nitrogen functional groups attached to an aromatic ring is 1. The lowest BCUT2D eigenvalue weighted by atomic mass is 10.1. The molecule has 2 aromatic heterocycles. The molecule has 0 unspecified atom stereocenters. The highest BCUT2D eigenvalue weighted by molar-refractivity contribution is 7.90. The number of fused-ring (bicyclic) bond motifs is 1. The summed E-state index contributed by atoms with van der Waals surface area (Å²) in [5.74, 6) is 3.21. The summed E-state index contributed by atoms with van der Waals surface area (Å²) in [6.45, 7) is 6.57. The van der Waals surface area contributed by atoms with E-state index in [2.05, 4.69) is 36.1 Å². The first-order valence-corrected chi connectivity index (χ1v) is 13.5. The molecule has 0 bridgehead atoms. The number of nitrogens with zero attached hydrogens (tertiary/aromatic N) is 2. The Hall–Kier alpha value is -2.56. The van der Waals surface area contributed by atoms with Crippen LogP contribution in [0.15, 0.2) is 47.6 Å². The van der Waals surface area contributed by atoms with Crippen molar-refractivity contribution in [2.24, 2.45) is 0 Å². The molecule has 0 fully saturated rings. The molecule has 0 spiro atoms. The number of hydrogen-bond acceptors (Lipinski definition) is 4. The van der Waals surface area contributed by atoms with Gasteiger partial charge in [-0.25, -0.2) is 13.4 Å². The maximum Gasteiger partial charge on any atom is 0.175 e. The smallest absolute Gasteiger partial charge is 0.175 e. The fraction of sp³-hybridized carbons (Fsp3) is 0.211. The number of nitrogens with two attached hydrogens (primary N) is 1. The molecule has 2 heterocycles. The molecule has 0 radical (unpaired) electrons. The molecule has 134 valence electrons. The molecule has 0 aliphatic heterocycles. The maximum absolute atomic E-state index is 11.6. The average Bonchev–Trinajstić information content (AvgIpc) is 2.96. The monoisotopic (exact) mass is 383 g/mol. The molecular weight excluding hydrogens is 362 g/mol. The van der Waals surface area contributed by atoms with Crippen LogP contribution in [0.25, 0.3) is 16.8 Å². The second kappa shape index (κ2) is 6.31. The van der Waals surface area contributed by atoms with E-state index >= 15 is 0 Å². The Morgan fingerprint density at radius 2 is 1.77 bits per heavy atom. The molecule has 0 amide bonds. The fourth-order valence-corrected chi connectivity index (χ4v) is 3.68. The van der Waals surface area contributed by atoms with Crippen LogP contribution in [0.4, 0.5) is 5.69 Å². The zero-order chi connectivity index (χ0) is 19.1. The first-order chi connectivity index (χ1) is 12.1. The van der Waals surface area contributed by atoms with Gasteiger partial charge in [0.25, 0.3) is 0 Å². The molecule has 7 heteroatoms. The average molecular weight is 384 g/mol. The fourth-order valence-electron chi connectivity index (χ4n) is 2.55. The van der Waals surface area contributed by atoms with Gasteiger partial charge in [-0.1, -0.05) is 37.7 Å². The summed E-state index contributed by atoms with van der Waals surface area (Å²) < 4.78 is 25.1. The van der Waals surface area contributed by atoms with Gasteiger partial charge in [0.15, 0.2) is 15.5 Å². The number of hydrogen-bond donors (Lipinski definition) is 1. The lowest BCUT2D eigenvalue weighted by Crippen LogP contribution is -2.16. The molecule has 0 saturated carbocycles. The summed E-state index contributed by atoms with van der Waals surface area (Å²) in [5.41, 5.74) is 13.3. The Bertz CT molecular complexity index is 1150. The Balaban J connectivity index is 2.07. The van der Waals surface area contributed by atoms with Crippen LogP contribution in [-0.4, -0.2) is 32.1 Å². The number of benzene rings is 1. The van der Waals surface area contributed by atoms with Crippen molar-refractivity contribution in [2.45, 2.75) is 24.5 Å². The normalized spacial score (nSPS) is 12.0. The summed E-state index contributed by atoms with van der Waals surface area (Å²) >= 11 is 0. The Morgan fingerprint density at radius 1 is 1.12 bits per heavy atom. The van der Waals surface area contributed by atoms with E-state index in [9.17, 15) is 8.42 Å². The van der Waals surface area contributed by atoms with E-state index in [4.69, 9.17) is 5.73 Å². The number of aromatic nitrogens is 2. The standard InChI is InChI=1S/C19H21N3O2SSi/c1-25(23,24)16-7-5-14(6-8-16)17-9-11-22-15(10-12-26(2,3)4)13-21-19(22)18(17)20/h5-9,11,13H,20H2,1-4H3. The van der Waals surface area contributed by atoms with Gasteiger partial charge in [-0.3, -0.25) is 4.40 Å². The second-order valence-electron chi connectivity index (χ2n) is 7.28. The third kappa shape index (κ3) is 3.66. The molecule has 3 aromatic rings. The van der Waals surface area contributed by atoms with E-state index in [0.717, 1.165) is 16.8 Å². The predicted molar refractivity (Wildman–Crippen MR) is 108 cm³/mol. The lowest BCUT2D eigenvalue weighted by molar-refractivity contribution is 0.602. The highest BCUT2D eigenvalue weighted by Gasteiger charge is 2.13. The number of rotatable bonds is 2. The van der Waals surface area contributed by atoms with E-state index in [1.807, 2.05) is 16.7 Å². The zero-order valence-corrected chi connectivity index (χ0v) is 17.1. The van der Waals surface area contributed by atoms with Gasteiger partial charge in [-0.15, -0.1) is 5.54 Å². The van der Waals surface area contributed by atoms with Crippen LogP contribution < -0.4 is 5.73 Å². The van der Waals surface area contributed by atoms with Crippen LogP contribution in [0.1, 0.15) is 5.69 Å². The topological polar surface area (TPSA) is 77.5 Å². The summed E-state index contributed by atoms with van der Waals surface area (Å²) in [6.07, 6.45) is 4.82. The number of sulfone groups is 1. The highest BCUT2D eigenvalue weighted by atomic mass is 32.2. The summed E-state index contributed by atoms with van der Waals surface area (Å²) in [4.78, 5) is 4.70. The van der Waals surface area contributed by atoms with Crippen molar-refractivity contribution in [1.82, 2.24) is 9.38 Å². The second-order valence-corrected chi connectivity index (χ2v) is 14.0. The minimum absolute atomic E-state index is 0.283. The van der Waals surface area contributed by atoms with Crippen molar-refractivity contribution < 1.29 is 8.42 Å². The third-order valence-electron chi connectivity index (χ3n) is 3.88. The van der Waals surface area contributed by atoms with Gasteiger partial charge in [-0.05, 0) is 23.8 Å². The first kappa shape index (κ1) is 18.2. The zero-order valence-electron chi connectivity index (χ0n) is 15.2. The minimum Gasteiger partial charge on any atom is -0.395 e. The summed E-state index contributed by atoms with van der Waals surface area (Å²) in [7, 11) is -4.70. The molecule has 26 heavy (non-hydrogen) atoms. The first-order valence-electron chi connectivity index (χ1n) is 8.15. The Kier molecular flexibility index (Phi) is 4.42. The minimum atomic E-state index is -3.22. The van der Waals surface area contributed by atoms with Gasteiger partial charge >= 0.3 is 0 Å². The number of anilines is 1. The van der Waals surface area contributed by atoms with Crippen LogP contribution in [0.3, 0.4) is 0 Å². The molecule has 0 aliphatic rings. The molecule has 0 saturated heterocycles. The van der Waals surface area contributed by atoms with Crippen LogP contribution in [0.5, 0.6) is 0 Å². The van der Waals surface area contributed by atoms with Gasteiger partial charge in [0, 0.05) is 18.0 Å². The van der Waals surface area contributed by atoms with Gasteiger partial charge in [0.1, 0.15) is 13.8 Å². The quantitative estimate of drug-likeness (QED) is 0.544. The van der Waals surface area contributed by atoms with E-state index < -0.39 is 17.9 Å². The Morgan fingerprint density at radius 3 is 2.35 bits per heavy atom. The van der Waals surface area contributed by atoms with E-state index in [-0.39, 0.29) is 4.90 Å². The number of pyridine rings is 1. The largest absolute Gasteiger partial charge is 0.395 e. The van der Waals surface area contributed by atoms with Crippen molar-refractivity contribution >= 4 is 29.2 Å². The summed E-state index contributed by atoms with van der Waals surface area (Å²) in [6, 6.07) is 8.59. The Labute approximate surface area is 154 Å². The van der Waals surface area contributed by atoms with Crippen LogP contribution in [0, 0.1) is 11.5 Å². The molecule has 0 atom stereocenters. The third-order valence-corrected chi connectivity index (χ3v) is 5.88. The van der Waals surface area contributed by atoms with Gasteiger partial charge in [0.05, 0.1) is 16.8 Å². The number of imidazole rings is 1. The van der Waals surface area contributed by atoms with E-state index in [1.54, 1.807) is 30.5 Å². The van der Waals surface area contributed by atoms with Crippen molar-refractivity contribution in [3.63, 3.8) is 0 Å². The van der Waals surface area contributed by atoms with Crippen molar-refractivity contribution in [3.05, 3.63) is 48.4 Å². The highest BCUT2D eigenvalue weighted by Crippen LogP contribution is 2.30. The molecule has 0 aliphatic carbocycles. The SMILES string of the molecule is C[Si](C)(C)C#Cc1cnc2c(N)c(-c3ccc(S(C)(=O)=O)cc3)ccn12. The molecular formula is C19H21N3O2SSi. The van der Waals surface area contributed by atoms with E-state index in [1.165, 1.54) is 6.26 Å². The van der Waals surface area contributed by atoms with Gasteiger partial charge < -0.3 is 5.73 Å². The van der Waals surface area contributed by atoms with Crippen molar-refractivity contribution in [3.8, 4) is 22.6 Å². The van der Waals surface area contributed by atoms with Crippen LogP contribution in [0.2, 0.25) is 19.6 Å². The molecule has 1 aromatic carbocycles. The predicted octanol–water partition coefficient (Wildman–Crippen LogP) is 3.22.